The average Bonchev–Trinajstić information content (AvgIpc) is 2.96. The highest BCUT2D eigenvalue weighted by Crippen LogP contribution is 2.24. The lowest BCUT2D eigenvalue weighted by Gasteiger charge is -2.08. The smallest absolute Gasteiger partial charge is 0.309 e. The molecule has 27 heavy (non-hydrogen) atoms. The average molecular weight is 393 g/mol. The predicted octanol–water partition coefficient (Wildman–Crippen LogP) is 4.23. The van der Waals surface area contributed by atoms with Crippen LogP contribution >= 0.6 is 11.8 Å². The first-order chi connectivity index (χ1) is 13.0. The van der Waals surface area contributed by atoms with Gasteiger partial charge in [0.15, 0.2) is 16.3 Å². The summed E-state index contributed by atoms with van der Waals surface area (Å²) < 4.78 is 3.28. The minimum Gasteiger partial charge on any atom is -0.309 e. The van der Waals surface area contributed by atoms with Crippen LogP contribution < -0.4 is 11.2 Å². The highest BCUT2D eigenvalue weighted by molar-refractivity contribution is 7.99. The molecule has 0 aliphatic carbocycles. The first kappa shape index (κ1) is 21.5. The molecule has 2 heterocycles. The van der Waals surface area contributed by atoms with Crippen molar-refractivity contribution in [2.45, 2.75) is 76.9 Å². The van der Waals surface area contributed by atoms with E-state index < -0.39 is 5.69 Å². The van der Waals surface area contributed by atoms with Crippen LogP contribution in [0.15, 0.2) is 26.9 Å². The Morgan fingerprint density at radius 3 is 2.37 bits per heavy atom. The van der Waals surface area contributed by atoms with Crippen LogP contribution in [0.4, 0.5) is 0 Å². The van der Waals surface area contributed by atoms with E-state index in [0.29, 0.717) is 17.7 Å². The summed E-state index contributed by atoms with van der Waals surface area (Å²) in [4.78, 5) is 31.1. The fraction of sp³-hybridized carbons (Fsp3) is 0.650. The van der Waals surface area contributed by atoms with E-state index in [4.69, 9.17) is 0 Å². The number of aromatic nitrogens is 4. The second-order valence-electron chi connectivity index (χ2n) is 7.25. The van der Waals surface area contributed by atoms with Gasteiger partial charge in [0.1, 0.15) is 0 Å². The van der Waals surface area contributed by atoms with Gasteiger partial charge < -0.3 is 4.57 Å². The number of H-pyrrole nitrogens is 1. The lowest BCUT2D eigenvalue weighted by molar-refractivity contribution is 0.586. The van der Waals surface area contributed by atoms with Crippen molar-refractivity contribution < 1.29 is 0 Å². The largest absolute Gasteiger partial charge is 0.329 e. The number of aryl methyl sites for hydroxylation is 1. The Morgan fingerprint density at radius 1 is 1.11 bits per heavy atom. The van der Waals surface area contributed by atoms with E-state index in [1.54, 1.807) is 18.8 Å². The van der Waals surface area contributed by atoms with Gasteiger partial charge in [-0.3, -0.25) is 14.3 Å². The van der Waals surface area contributed by atoms with Crippen molar-refractivity contribution in [2.75, 3.05) is 5.75 Å². The third-order valence-corrected chi connectivity index (χ3v) is 5.69. The molecule has 0 fully saturated rings. The number of thioether (sulfide) groups is 1. The number of unbranched alkanes of at least 4 members (excludes halogenated alkanes) is 7. The second-order valence-corrected chi connectivity index (χ2v) is 8.31. The molecule has 0 saturated carbocycles. The monoisotopic (exact) mass is 392 g/mol. The molecular formula is C20H32N4O2S. The van der Waals surface area contributed by atoms with Crippen molar-refractivity contribution in [1.82, 2.24) is 19.1 Å². The predicted molar refractivity (Wildman–Crippen MR) is 114 cm³/mol. The molecule has 7 heteroatoms. The zero-order chi connectivity index (χ0) is 19.8. The van der Waals surface area contributed by atoms with E-state index in [9.17, 15) is 9.59 Å². The van der Waals surface area contributed by atoms with Crippen LogP contribution in [-0.2, 0) is 13.6 Å². The molecule has 2 rings (SSSR count). The maximum absolute atomic E-state index is 12.3. The van der Waals surface area contributed by atoms with E-state index in [0.717, 1.165) is 22.9 Å². The highest BCUT2D eigenvalue weighted by Gasteiger charge is 2.17. The minimum absolute atomic E-state index is 0.388. The topological polar surface area (TPSA) is 72.7 Å². The van der Waals surface area contributed by atoms with Crippen molar-refractivity contribution >= 4 is 22.9 Å². The Bertz CT molecular complexity index is 878. The fourth-order valence-electron chi connectivity index (χ4n) is 3.14. The third-order valence-electron chi connectivity index (χ3n) is 4.63. The van der Waals surface area contributed by atoms with Crippen LogP contribution in [0.1, 0.15) is 65.2 Å². The molecule has 6 nitrogen and oxygen atoms in total. The number of allylic oxidation sites excluding steroid dienone is 1. The number of imidazole rings is 1. The summed E-state index contributed by atoms with van der Waals surface area (Å²) in [7, 11) is 1.63. The number of hydrogen-bond donors (Lipinski definition) is 1. The molecule has 0 amide bonds. The van der Waals surface area contributed by atoms with Gasteiger partial charge in [-0.05, 0) is 13.3 Å². The van der Waals surface area contributed by atoms with E-state index in [-0.39, 0.29) is 5.56 Å². The highest BCUT2D eigenvalue weighted by atomic mass is 32.2. The third kappa shape index (κ3) is 5.86. The zero-order valence-corrected chi connectivity index (χ0v) is 17.7. The van der Waals surface area contributed by atoms with Gasteiger partial charge in [0, 0.05) is 19.3 Å². The summed E-state index contributed by atoms with van der Waals surface area (Å²) in [5, 5.41) is 0.780. The summed E-state index contributed by atoms with van der Waals surface area (Å²) in [5.74, 6) is 0.959. The van der Waals surface area contributed by atoms with Crippen LogP contribution in [0, 0.1) is 0 Å². The molecule has 0 radical (unpaired) electrons. The van der Waals surface area contributed by atoms with Crippen molar-refractivity contribution in [1.29, 1.82) is 0 Å². The maximum Gasteiger partial charge on any atom is 0.329 e. The Balaban J connectivity index is 2.02. The summed E-state index contributed by atoms with van der Waals surface area (Å²) in [6.45, 7) is 8.65. The summed E-state index contributed by atoms with van der Waals surface area (Å²) in [6, 6.07) is 0. The van der Waals surface area contributed by atoms with Crippen LogP contribution in [-0.4, -0.2) is 24.9 Å². The summed E-state index contributed by atoms with van der Waals surface area (Å²) in [6.07, 6.45) is 10.3. The lowest BCUT2D eigenvalue weighted by Crippen LogP contribution is -2.29. The first-order valence-corrected chi connectivity index (χ1v) is 10.9. The molecule has 0 atom stereocenters. The van der Waals surface area contributed by atoms with E-state index in [1.165, 1.54) is 49.5 Å². The van der Waals surface area contributed by atoms with Crippen molar-refractivity contribution in [3.05, 3.63) is 33.0 Å². The van der Waals surface area contributed by atoms with Gasteiger partial charge in [0.2, 0.25) is 0 Å². The molecule has 0 spiro atoms. The Kier molecular flexibility index (Phi) is 8.41. The fourth-order valence-corrected chi connectivity index (χ4v) is 4.13. The number of hydrogen-bond acceptors (Lipinski definition) is 4. The molecular weight excluding hydrogens is 360 g/mol. The number of aromatic amines is 1. The van der Waals surface area contributed by atoms with E-state index in [1.807, 2.05) is 11.5 Å². The molecule has 0 bridgehead atoms. The SMILES string of the molecule is C=C(C)Cn1c(SCCCCCCCCCC)nc2c1c(=O)[nH]c(=O)n2C. The van der Waals surface area contributed by atoms with Crippen molar-refractivity contribution in [3.8, 4) is 0 Å². The number of nitrogens with one attached hydrogen (secondary N) is 1. The molecule has 0 unspecified atom stereocenters. The zero-order valence-electron chi connectivity index (χ0n) is 16.8. The van der Waals surface area contributed by atoms with Crippen LogP contribution in [0.5, 0.6) is 0 Å². The normalized spacial score (nSPS) is 11.4. The van der Waals surface area contributed by atoms with Crippen LogP contribution in [0.3, 0.4) is 0 Å². The van der Waals surface area contributed by atoms with E-state index >= 15 is 0 Å². The Hall–Kier alpha value is -1.76. The number of rotatable bonds is 12. The Morgan fingerprint density at radius 2 is 1.74 bits per heavy atom. The van der Waals surface area contributed by atoms with Crippen molar-refractivity contribution in [2.24, 2.45) is 7.05 Å². The van der Waals surface area contributed by atoms with Crippen LogP contribution in [0.2, 0.25) is 0 Å². The Labute approximate surface area is 165 Å². The minimum atomic E-state index is -0.438. The molecule has 1 N–H and O–H groups in total. The van der Waals surface area contributed by atoms with Gasteiger partial charge in [0.05, 0.1) is 0 Å². The molecule has 0 aromatic carbocycles. The van der Waals surface area contributed by atoms with Gasteiger partial charge >= 0.3 is 5.69 Å². The lowest BCUT2D eigenvalue weighted by atomic mass is 10.1. The van der Waals surface area contributed by atoms with Crippen molar-refractivity contribution in [3.63, 3.8) is 0 Å². The quantitative estimate of drug-likeness (QED) is 0.333. The molecule has 150 valence electrons. The summed E-state index contributed by atoms with van der Waals surface area (Å²) >= 11 is 1.65. The van der Waals surface area contributed by atoms with Gasteiger partial charge in [-0.2, -0.15) is 0 Å². The van der Waals surface area contributed by atoms with Gasteiger partial charge in [-0.1, -0.05) is 75.8 Å². The van der Waals surface area contributed by atoms with Crippen LogP contribution in [0.25, 0.3) is 11.2 Å². The maximum atomic E-state index is 12.3. The second kappa shape index (κ2) is 10.5. The van der Waals surface area contributed by atoms with E-state index in [2.05, 4.69) is 23.5 Å². The first-order valence-electron chi connectivity index (χ1n) is 9.92. The number of nitrogens with zero attached hydrogens (tertiary/aromatic N) is 3. The molecule has 0 aliphatic heterocycles. The molecule has 2 aromatic heterocycles. The number of fused-ring (bicyclic) bond motifs is 1. The molecule has 0 aliphatic rings. The standard InChI is InChI=1S/C20H32N4O2S/c1-5-6-7-8-9-10-11-12-13-27-20-21-17-16(24(20)14-15(2)3)18(25)22-19(26)23(17)4/h2,5-14H2,1,3-4H3,(H,22,25,26). The van der Waals surface area contributed by atoms with Gasteiger partial charge in [0.25, 0.3) is 5.56 Å². The molecule has 0 saturated heterocycles. The van der Waals surface area contributed by atoms with Gasteiger partial charge in [-0.15, -0.1) is 0 Å². The summed E-state index contributed by atoms with van der Waals surface area (Å²) in [5.41, 5.74) is 0.992. The van der Waals surface area contributed by atoms with Gasteiger partial charge in [-0.25, -0.2) is 9.78 Å². The molecule has 2 aromatic rings.